The molecule has 114 valence electrons. The van der Waals surface area contributed by atoms with Gasteiger partial charge in [0.15, 0.2) is 0 Å². The third-order valence-corrected chi connectivity index (χ3v) is 5.92. The van der Waals surface area contributed by atoms with Crippen molar-refractivity contribution >= 4 is 15.9 Å². The van der Waals surface area contributed by atoms with Crippen LogP contribution in [0.5, 0.6) is 0 Å². The zero-order valence-corrected chi connectivity index (χ0v) is 12.6. The summed E-state index contributed by atoms with van der Waals surface area (Å²) in [6.07, 6.45) is 0.596. The average Bonchev–Trinajstić information content (AvgIpc) is 2.88. The highest BCUT2D eigenvalue weighted by molar-refractivity contribution is 7.89. The van der Waals surface area contributed by atoms with E-state index in [0.29, 0.717) is 24.4 Å². The number of hydrogen-bond acceptors (Lipinski definition) is 4. The Morgan fingerprint density at radius 1 is 1.29 bits per heavy atom. The summed E-state index contributed by atoms with van der Waals surface area (Å²) in [5, 5.41) is 2.75. The number of sulfonamides is 1. The van der Waals surface area contributed by atoms with Crippen molar-refractivity contribution in [3.05, 3.63) is 29.8 Å². The molecular formula is C14H18N2O4S. The van der Waals surface area contributed by atoms with Crippen LogP contribution in [-0.2, 0) is 19.6 Å². The zero-order valence-electron chi connectivity index (χ0n) is 11.8. The lowest BCUT2D eigenvalue weighted by atomic mass is 10.0. The Morgan fingerprint density at radius 2 is 2.00 bits per heavy atom. The van der Waals surface area contributed by atoms with Gasteiger partial charge in [-0.1, -0.05) is 17.7 Å². The van der Waals surface area contributed by atoms with E-state index < -0.39 is 15.6 Å². The Morgan fingerprint density at radius 3 is 2.62 bits per heavy atom. The Bertz CT molecular complexity index is 644. The minimum atomic E-state index is -3.50. The maximum Gasteiger partial charge on any atom is 0.246 e. The van der Waals surface area contributed by atoms with Gasteiger partial charge in [0.2, 0.25) is 15.9 Å². The molecule has 21 heavy (non-hydrogen) atoms. The van der Waals surface area contributed by atoms with Gasteiger partial charge in [0, 0.05) is 19.6 Å². The van der Waals surface area contributed by atoms with Gasteiger partial charge in [-0.05, 0) is 25.5 Å². The predicted octanol–water partition coefficient (Wildman–Crippen LogP) is 0.275. The second kappa shape index (κ2) is 5.08. The fourth-order valence-electron chi connectivity index (χ4n) is 2.71. The second-order valence-electron chi connectivity index (χ2n) is 5.65. The molecule has 2 fully saturated rings. The number of morpholine rings is 1. The SMILES string of the molecule is Cc1ccc(S(=O)(=O)N2CCC3(CNC(=O)CO3)C2)cc1. The first-order valence-electron chi connectivity index (χ1n) is 6.89. The Kier molecular flexibility index (Phi) is 3.51. The van der Waals surface area contributed by atoms with E-state index in [2.05, 4.69) is 5.32 Å². The van der Waals surface area contributed by atoms with Crippen LogP contribution >= 0.6 is 0 Å². The minimum absolute atomic E-state index is 0.00157. The maximum atomic E-state index is 12.6. The molecule has 1 N–H and O–H groups in total. The monoisotopic (exact) mass is 310 g/mol. The van der Waals surface area contributed by atoms with E-state index in [0.717, 1.165) is 5.56 Å². The summed E-state index contributed by atoms with van der Waals surface area (Å²) >= 11 is 0. The molecular weight excluding hydrogens is 292 g/mol. The van der Waals surface area contributed by atoms with Gasteiger partial charge in [0.25, 0.3) is 0 Å². The molecule has 2 aliphatic heterocycles. The predicted molar refractivity (Wildman–Crippen MR) is 76.2 cm³/mol. The van der Waals surface area contributed by atoms with Crippen LogP contribution in [0.2, 0.25) is 0 Å². The van der Waals surface area contributed by atoms with Crippen LogP contribution in [0, 0.1) is 6.92 Å². The summed E-state index contributed by atoms with van der Waals surface area (Å²) in [5.41, 5.74) is 0.441. The van der Waals surface area contributed by atoms with E-state index in [1.807, 2.05) is 6.92 Å². The number of nitrogens with one attached hydrogen (secondary N) is 1. The molecule has 1 aromatic rings. The topological polar surface area (TPSA) is 75.7 Å². The highest BCUT2D eigenvalue weighted by Crippen LogP contribution is 2.30. The number of rotatable bonds is 2. The molecule has 2 aliphatic rings. The van der Waals surface area contributed by atoms with Gasteiger partial charge in [0.1, 0.15) is 12.2 Å². The number of aryl methyl sites for hydroxylation is 1. The summed E-state index contributed by atoms with van der Waals surface area (Å²) in [4.78, 5) is 11.5. The highest BCUT2D eigenvalue weighted by atomic mass is 32.2. The molecule has 2 heterocycles. The molecule has 0 bridgehead atoms. The number of amides is 1. The molecule has 6 nitrogen and oxygen atoms in total. The standard InChI is InChI=1S/C14H18N2O4S/c1-11-2-4-12(5-3-11)21(18,19)16-7-6-14(10-16)9-15-13(17)8-20-14/h2-5H,6-10H2,1H3,(H,15,17). The lowest BCUT2D eigenvalue weighted by Gasteiger charge is -2.33. The van der Waals surface area contributed by atoms with Gasteiger partial charge in [-0.3, -0.25) is 4.79 Å². The quantitative estimate of drug-likeness (QED) is 0.851. The number of ether oxygens (including phenoxy) is 1. The van der Waals surface area contributed by atoms with Gasteiger partial charge >= 0.3 is 0 Å². The molecule has 1 amide bonds. The van der Waals surface area contributed by atoms with Crippen LogP contribution in [0.1, 0.15) is 12.0 Å². The third-order valence-electron chi connectivity index (χ3n) is 4.06. The largest absolute Gasteiger partial charge is 0.362 e. The number of carbonyl (C=O) groups excluding carboxylic acids is 1. The highest BCUT2D eigenvalue weighted by Gasteiger charge is 2.46. The van der Waals surface area contributed by atoms with E-state index >= 15 is 0 Å². The normalized spacial score (nSPS) is 27.0. The van der Waals surface area contributed by atoms with Gasteiger partial charge in [-0.25, -0.2) is 8.42 Å². The van der Waals surface area contributed by atoms with Crippen molar-refractivity contribution in [1.82, 2.24) is 9.62 Å². The van der Waals surface area contributed by atoms with Crippen molar-refractivity contribution in [2.45, 2.75) is 23.8 Å². The van der Waals surface area contributed by atoms with Crippen LogP contribution < -0.4 is 5.32 Å². The lowest BCUT2D eigenvalue weighted by Crippen LogP contribution is -2.54. The van der Waals surface area contributed by atoms with Crippen LogP contribution in [0.4, 0.5) is 0 Å². The first kappa shape index (κ1) is 14.5. The fourth-order valence-corrected chi connectivity index (χ4v) is 4.23. The van der Waals surface area contributed by atoms with E-state index in [-0.39, 0.29) is 19.1 Å². The van der Waals surface area contributed by atoms with Crippen molar-refractivity contribution in [3.8, 4) is 0 Å². The van der Waals surface area contributed by atoms with E-state index in [9.17, 15) is 13.2 Å². The van der Waals surface area contributed by atoms with Crippen molar-refractivity contribution in [1.29, 1.82) is 0 Å². The summed E-state index contributed by atoms with van der Waals surface area (Å²) in [6, 6.07) is 6.82. The molecule has 0 radical (unpaired) electrons. The smallest absolute Gasteiger partial charge is 0.246 e. The third kappa shape index (κ3) is 2.68. The van der Waals surface area contributed by atoms with E-state index in [4.69, 9.17) is 4.74 Å². The minimum Gasteiger partial charge on any atom is -0.362 e. The van der Waals surface area contributed by atoms with Crippen molar-refractivity contribution in [2.75, 3.05) is 26.2 Å². The van der Waals surface area contributed by atoms with Gasteiger partial charge in [-0.15, -0.1) is 0 Å². The Balaban J connectivity index is 1.79. The van der Waals surface area contributed by atoms with Crippen molar-refractivity contribution in [2.24, 2.45) is 0 Å². The van der Waals surface area contributed by atoms with E-state index in [1.165, 1.54) is 4.31 Å². The van der Waals surface area contributed by atoms with E-state index in [1.54, 1.807) is 24.3 Å². The summed E-state index contributed by atoms with van der Waals surface area (Å²) in [5.74, 6) is -0.152. The number of benzene rings is 1. The van der Waals surface area contributed by atoms with Gasteiger partial charge in [0.05, 0.1) is 4.90 Å². The van der Waals surface area contributed by atoms with Crippen LogP contribution in [0.25, 0.3) is 0 Å². The van der Waals surface area contributed by atoms with Crippen LogP contribution in [0.15, 0.2) is 29.2 Å². The first-order chi connectivity index (χ1) is 9.91. The maximum absolute atomic E-state index is 12.6. The molecule has 1 atom stereocenters. The zero-order chi connectivity index (χ0) is 15.1. The number of nitrogens with zero attached hydrogens (tertiary/aromatic N) is 1. The van der Waals surface area contributed by atoms with Crippen LogP contribution in [-0.4, -0.2) is 50.5 Å². The number of carbonyl (C=O) groups is 1. The second-order valence-corrected chi connectivity index (χ2v) is 7.59. The molecule has 0 saturated carbocycles. The summed E-state index contributed by atoms with van der Waals surface area (Å²) in [7, 11) is -3.50. The molecule has 2 saturated heterocycles. The first-order valence-corrected chi connectivity index (χ1v) is 8.33. The molecule has 7 heteroatoms. The van der Waals surface area contributed by atoms with Crippen molar-refractivity contribution < 1.29 is 17.9 Å². The summed E-state index contributed by atoms with van der Waals surface area (Å²) in [6.45, 7) is 2.97. The Hall–Kier alpha value is -1.44. The Labute approximate surface area is 124 Å². The molecule has 1 unspecified atom stereocenters. The molecule has 1 aromatic carbocycles. The molecule has 3 rings (SSSR count). The van der Waals surface area contributed by atoms with Gasteiger partial charge in [-0.2, -0.15) is 4.31 Å². The fraction of sp³-hybridized carbons (Fsp3) is 0.500. The van der Waals surface area contributed by atoms with Gasteiger partial charge < -0.3 is 10.1 Å². The summed E-state index contributed by atoms with van der Waals surface area (Å²) < 4.78 is 32.3. The molecule has 1 spiro atoms. The molecule has 0 aliphatic carbocycles. The van der Waals surface area contributed by atoms with Crippen LogP contribution in [0.3, 0.4) is 0 Å². The van der Waals surface area contributed by atoms with Crippen molar-refractivity contribution in [3.63, 3.8) is 0 Å². The number of hydrogen-bond donors (Lipinski definition) is 1. The molecule has 0 aromatic heterocycles. The lowest BCUT2D eigenvalue weighted by molar-refractivity contribution is -0.141. The average molecular weight is 310 g/mol.